The molecule has 0 saturated heterocycles. The summed E-state index contributed by atoms with van der Waals surface area (Å²) in [5, 5.41) is 13.6. The SMILES string of the molecule is F.O=[N+]([O-])O.[O]=[Cr](=[O])([OH])[OH]. The summed E-state index contributed by atoms with van der Waals surface area (Å²) in [6.07, 6.45) is 0. The molecule has 64 valence electrons. The summed E-state index contributed by atoms with van der Waals surface area (Å²) in [7, 11) is 0. The van der Waals surface area contributed by atoms with Gasteiger partial charge in [0, 0.05) is 0 Å². The molecule has 0 spiro atoms. The fourth-order valence-electron chi connectivity index (χ4n) is 0. The van der Waals surface area contributed by atoms with E-state index in [1.54, 1.807) is 0 Å². The van der Waals surface area contributed by atoms with Crippen molar-refractivity contribution in [2.75, 3.05) is 0 Å². The molecule has 10 heteroatoms. The molecule has 0 saturated carbocycles. The molecular weight excluding hydrogens is 197 g/mol. The summed E-state index contributed by atoms with van der Waals surface area (Å²) >= 11 is -5.25. The first-order valence-electron chi connectivity index (χ1n) is 1.26. The van der Waals surface area contributed by atoms with Crippen LogP contribution in [0.2, 0.25) is 0 Å². The second-order valence-electron chi connectivity index (χ2n) is 0.686. The average molecular weight is 201 g/mol. The average Bonchev–Trinajstić information content (AvgIpc) is 1.19. The van der Waals surface area contributed by atoms with Crippen LogP contribution in [0.3, 0.4) is 0 Å². The molecule has 0 aliphatic heterocycles. The van der Waals surface area contributed by atoms with E-state index in [0.29, 0.717) is 0 Å². The van der Waals surface area contributed by atoms with Crippen molar-refractivity contribution in [3.8, 4) is 0 Å². The zero-order chi connectivity index (χ0) is 8.08. The molecule has 0 fully saturated rings. The van der Waals surface area contributed by atoms with Crippen LogP contribution in [0.25, 0.3) is 0 Å². The second-order valence-corrected chi connectivity index (χ2v) is 2.08. The van der Waals surface area contributed by atoms with Crippen molar-refractivity contribution in [3.63, 3.8) is 0 Å². The van der Waals surface area contributed by atoms with Gasteiger partial charge >= 0.3 is 29.5 Å². The van der Waals surface area contributed by atoms with Gasteiger partial charge in [-0.3, -0.25) is 4.70 Å². The Bertz CT molecular complexity index is 156. The first-order valence-corrected chi connectivity index (χ1v) is 3.45. The molecule has 8 nitrogen and oxygen atoms in total. The van der Waals surface area contributed by atoms with Crippen molar-refractivity contribution in [2.24, 2.45) is 0 Å². The van der Waals surface area contributed by atoms with E-state index < -0.39 is 18.7 Å². The number of hydrogen-bond donors (Lipinski definition) is 3. The molecule has 0 heterocycles. The predicted molar refractivity (Wildman–Crippen MR) is 17.1 cm³/mol. The molecule has 0 aliphatic rings. The summed E-state index contributed by atoms with van der Waals surface area (Å²) in [6, 6.07) is 0. The van der Waals surface area contributed by atoms with Crippen molar-refractivity contribution >= 4 is 0 Å². The van der Waals surface area contributed by atoms with Crippen molar-refractivity contribution in [1.82, 2.24) is 0 Å². The Balaban J connectivity index is -0.0000000910. The standard InChI is InChI=1S/Cr.FH.HNO3.2H2O.2O/c;;2-1(3)4;;;;/h;1H;(H,2,3,4);2*1H2;;/q+2;;;;;;/p-2. The number of hydrogen-bond acceptors (Lipinski definition) is 4. The zero-order valence-corrected chi connectivity index (χ0v) is 5.51. The zero-order valence-electron chi connectivity index (χ0n) is 4.24. The van der Waals surface area contributed by atoms with Crippen LogP contribution in [0.15, 0.2) is 0 Å². The van der Waals surface area contributed by atoms with Gasteiger partial charge in [-0.2, -0.15) is 0 Å². The van der Waals surface area contributed by atoms with E-state index in [-0.39, 0.29) is 4.70 Å². The van der Waals surface area contributed by atoms with Crippen LogP contribution in [0.1, 0.15) is 0 Å². The van der Waals surface area contributed by atoms with Crippen LogP contribution < -0.4 is 0 Å². The molecule has 10 heavy (non-hydrogen) atoms. The Hall–Kier alpha value is -0.818. The molecule has 0 atom stereocenters. The van der Waals surface area contributed by atoms with E-state index in [4.69, 9.17) is 31.2 Å². The van der Waals surface area contributed by atoms with Gasteiger partial charge in [0.25, 0.3) is 5.09 Å². The summed E-state index contributed by atoms with van der Waals surface area (Å²) in [4.78, 5) is 8.36. The van der Waals surface area contributed by atoms with Crippen LogP contribution in [-0.2, 0) is 21.2 Å². The Morgan fingerprint density at radius 3 is 1.30 bits per heavy atom. The summed E-state index contributed by atoms with van der Waals surface area (Å²) in [5.41, 5.74) is 0. The third-order valence-corrected chi connectivity index (χ3v) is 0. The number of halogens is 1. The Morgan fingerprint density at radius 2 is 1.30 bits per heavy atom. The number of rotatable bonds is 0. The fraction of sp³-hybridized carbons (Fsp3) is 0. The monoisotopic (exact) mass is 201 g/mol. The molecule has 0 aromatic rings. The van der Waals surface area contributed by atoms with Gasteiger partial charge in [0.2, 0.25) is 0 Å². The van der Waals surface area contributed by atoms with Crippen LogP contribution in [0.4, 0.5) is 4.70 Å². The van der Waals surface area contributed by atoms with Gasteiger partial charge in [0.1, 0.15) is 0 Å². The first kappa shape index (κ1) is 16.1. The maximum atomic E-state index is 8.82. The molecule has 0 bridgehead atoms. The van der Waals surface area contributed by atoms with Crippen LogP contribution >= 0.6 is 0 Å². The van der Waals surface area contributed by atoms with Crippen molar-refractivity contribution < 1.29 is 44.5 Å². The Labute approximate surface area is 55.6 Å². The van der Waals surface area contributed by atoms with E-state index in [9.17, 15) is 0 Å². The van der Waals surface area contributed by atoms with Gasteiger partial charge < -0.3 is 5.21 Å². The summed E-state index contributed by atoms with van der Waals surface area (Å²) in [5.74, 6) is 0. The molecule has 0 aromatic carbocycles. The van der Waals surface area contributed by atoms with E-state index in [2.05, 4.69) is 0 Å². The molecular formula is H4CrFNO7. The Kier molecular flexibility index (Phi) is 10.1. The Morgan fingerprint density at radius 1 is 1.30 bits per heavy atom. The number of nitrogens with zero attached hydrogens (tertiary/aromatic N) is 1. The maximum absolute atomic E-state index is 8.82. The third kappa shape index (κ3) is 411. The van der Waals surface area contributed by atoms with Crippen LogP contribution in [0, 0.1) is 10.1 Å². The molecule has 0 rings (SSSR count). The van der Waals surface area contributed by atoms with E-state index in [1.165, 1.54) is 0 Å². The molecule has 0 unspecified atom stereocenters. The minimum absolute atomic E-state index is 0. The molecule has 3 N–H and O–H groups in total. The molecule has 0 amide bonds. The minimum atomic E-state index is -5.25. The molecule has 0 radical (unpaired) electrons. The van der Waals surface area contributed by atoms with E-state index in [0.717, 1.165) is 0 Å². The topological polar surface area (TPSA) is 138 Å². The van der Waals surface area contributed by atoms with Gasteiger partial charge in [-0.05, 0) is 0 Å². The second kappa shape index (κ2) is 6.30. The van der Waals surface area contributed by atoms with Gasteiger partial charge in [0.15, 0.2) is 0 Å². The van der Waals surface area contributed by atoms with Crippen molar-refractivity contribution in [2.45, 2.75) is 0 Å². The van der Waals surface area contributed by atoms with Crippen LogP contribution in [0.5, 0.6) is 0 Å². The van der Waals surface area contributed by atoms with Gasteiger partial charge in [-0.15, -0.1) is 10.1 Å². The van der Waals surface area contributed by atoms with Crippen molar-refractivity contribution in [1.29, 1.82) is 0 Å². The van der Waals surface area contributed by atoms with E-state index >= 15 is 0 Å². The first-order chi connectivity index (χ1) is 3.73. The van der Waals surface area contributed by atoms with E-state index in [1.807, 2.05) is 0 Å². The summed E-state index contributed by atoms with van der Waals surface area (Å²) < 4.78 is 31.9. The quantitative estimate of drug-likeness (QED) is 0.318. The molecule has 0 aromatic heterocycles. The normalized spacial score (nSPS) is 8.20. The third-order valence-electron chi connectivity index (χ3n) is 0. The van der Waals surface area contributed by atoms with Gasteiger partial charge in [-0.1, -0.05) is 0 Å². The van der Waals surface area contributed by atoms with Gasteiger partial charge in [-0.25, -0.2) is 0 Å². The van der Waals surface area contributed by atoms with Crippen molar-refractivity contribution in [3.05, 3.63) is 10.1 Å². The molecule has 0 aliphatic carbocycles. The summed E-state index contributed by atoms with van der Waals surface area (Å²) in [6.45, 7) is 0. The fourth-order valence-corrected chi connectivity index (χ4v) is 0. The predicted octanol–water partition coefficient (Wildman–Crippen LogP) is -1.55. The van der Waals surface area contributed by atoms with Gasteiger partial charge in [0.05, 0.1) is 0 Å². The van der Waals surface area contributed by atoms with Crippen LogP contribution in [-0.4, -0.2) is 18.6 Å².